The van der Waals surface area contributed by atoms with Crippen molar-refractivity contribution in [1.29, 1.82) is 0 Å². The van der Waals surface area contributed by atoms with Gasteiger partial charge in [-0.25, -0.2) is 0 Å². The summed E-state index contributed by atoms with van der Waals surface area (Å²) in [6, 6.07) is 30.5. The van der Waals surface area contributed by atoms with Crippen LogP contribution in [0.4, 0.5) is 0 Å². The van der Waals surface area contributed by atoms with E-state index in [-0.39, 0.29) is 11.8 Å². The average Bonchev–Trinajstić information content (AvgIpc) is 3.26. The zero-order chi connectivity index (χ0) is 24.0. The minimum Gasteiger partial charge on any atom is -0.352 e. The average molecular weight is 480 g/mol. The quantitative estimate of drug-likeness (QED) is 0.273. The molecule has 1 N–H and O–H groups in total. The second-order valence-electron chi connectivity index (χ2n) is 8.66. The van der Waals surface area contributed by atoms with Gasteiger partial charge in [0.15, 0.2) is 0 Å². The van der Waals surface area contributed by atoms with Crippen LogP contribution in [-0.2, 0) is 17.9 Å². The van der Waals surface area contributed by atoms with Gasteiger partial charge >= 0.3 is 0 Å². The zero-order valence-electron chi connectivity index (χ0n) is 19.3. The number of aromatic nitrogens is 2. The van der Waals surface area contributed by atoms with E-state index < -0.39 is 0 Å². The number of pyridine rings is 1. The second kappa shape index (κ2) is 10.6. The fourth-order valence-electron chi connectivity index (χ4n) is 4.53. The number of hydrogen-bond acceptors (Lipinski definition) is 2. The Labute approximate surface area is 210 Å². The molecule has 5 heteroatoms. The highest BCUT2D eigenvalue weighted by Crippen LogP contribution is 2.35. The van der Waals surface area contributed by atoms with Crippen LogP contribution in [0.25, 0.3) is 10.9 Å². The molecular formula is C30H26ClN3O. The lowest BCUT2D eigenvalue weighted by Crippen LogP contribution is -2.25. The summed E-state index contributed by atoms with van der Waals surface area (Å²) in [6.07, 6.45) is 6.01. The van der Waals surface area contributed by atoms with Gasteiger partial charge in [-0.2, -0.15) is 0 Å². The van der Waals surface area contributed by atoms with Crippen molar-refractivity contribution in [3.8, 4) is 0 Å². The highest BCUT2D eigenvalue weighted by Gasteiger charge is 2.23. The van der Waals surface area contributed by atoms with E-state index in [0.29, 0.717) is 18.0 Å². The highest BCUT2D eigenvalue weighted by molar-refractivity contribution is 6.30. The van der Waals surface area contributed by atoms with E-state index in [1.54, 1.807) is 12.4 Å². The molecule has 0 unspecified atom stereocenters. The summed E-state index contributed by atoms with van der Waals surface area (Å²) in [5.41, 5.74) is 5.62. The van der Waals surface area contributed by atoms with Crippen LogP contribution in [0.2, 0.25) is 5.02 Å². The third kappa shape index (κ3) is 5.44. The summed E-state index contributed by atoms with van der Waals surface area (Å²) < 4.78 is 2.28. The Morgan fingerprint density at radius 1 is 0.857 bits per heavy atom. The number of fused-ring (bicyclic) bond motifs is 1. The Morgan fingerprint density at radius 3 is 2.34 bits per heavy atom. The number of benzene rings is 3. The van der Waals surface area contributed by atoms with Gasteiger partial charge in [0.1, 0.15) is 0 Å². The summed E-state index contributed by atoms with van der Waals surface area (Å²) in [5.74, 6) is -0.103. The van der Waals surface area contributed by atoms with E-state index >= 15 is 0 Å². The summed E-state index contributed by atoms with van der Waals surface area (Å²) >= 11 is 6.19. The van der Waals surface area contributed by atoms with E-state index in [0.717, 1.165) is 34.1 Å². The van der Waals surface area contributed by atoms with Crippen LogP contribution in [0.1, 0.15) is 34.6 Å². The number of carbonyl (C=O) groups excluding carboxylic acids is 1. The SMILES string of the molecule is O=C(C[C@H](c1ccc(Cl)cc1)c1cn(Cc2ccccc2)c2ccccc12)NCc1ccncc1. The molecule has 4 nitrogen and oxygen atoms in total. The molecule has 0 saturated heterocycles. The third-order valence-corrected chi connectivity index (χ3v) is 6.54. The summed E-state index contributed by atoms with van der Waals surface area (Å²) in [7, 11) is 0. The predicted octanol–water partition coefficient (Wildman–Crippen LogP) is 6.58. The van der Waals surface area contributed by atoms with Gasteiger partial charge in [0, 0.05) is 59.9 Å². The molecule has 0 fully saturated rings. The molecule has 2 heterocycles. The molecule has 1 atom stereocenters. The molecule has 0 bridgehead atoms. The van der Waals surface area contributed by atoms with E-state index in [2.05, 4.69) is 69.6 Å². The lowest BCUT2D eigenvalue weighted by Gasteiger charge is -2.17. The maximum absolute atomic E-state index is 13.1. The molecule has 0 saturated carbocycles. The maximum Gasteiger partial charge on any atom is 0.221 e. The molecule has 174 valence electrons. The lowest BCUT2D eigenvalue weighted by molar-refractivity contribution is -0.121. The molecule has 0 aliphatic rings. The van der Waals surface area contributed by atoms with Crippen molar-refractivity contribution >= 4 is 28.4 Å². The molecular weight excluding hydrogens is 454 g/mol. The Hall–Kier alpha value is -3.89. The van der Waals surface area contributed by atoms with Crippen LogP contribution < -0.4 is 5.32 Å². The third-order valence-electron chi connectivity index (χ3n) is 6.29. The van der Waals surface area contributed by atoms with Crippen molar-refractivity contribution in [1.82, 2.24) is 14.9 Å². The summed E-state index contributed by atoms with van der Waals surface area (Å²) in [4.78, 5) is 17.2. The fraction of sp³-hybridized carbons (Fsp3) is 0.133. The largest absolute Gasteiger partial charge is 0.352 e. The van der Waals surface area contributed by atoms with Gasteiger partial charge in [-0.1, -0.05) is 72.3 Å². The van der Waals surface area contributed by atoms with E-state index in [1.807, 2.05) is 42.5 Å². The van der Waals surface area contributed by atoms with Crippen LogP contribution in [0.5, 0.6) is 0 Å². The first-order valence-electron chi connectivity index (χ1n) is 11.7. The second-order valence-corrected chi connectivity index (χ2v) is 9.09. The van der Waals surface area contributed by atoms with Crippen LogP contribution >= 0.6 is 11.6 Å². The van der Waals surface area contributed by atoms with Crippen LogP contribution in [-0.4, -0.2) is 15.5 Å². The number of halogens is 1. The van der Waals surface area contributed by atoms with E-state index in [9.17, 15) is 4.79 Å². The number of amides is 1. The Morgan fingerprint density at radius 2 is 1.57 bits per heavy atom. The zero-order valence-corrected chi connectivity index (χ0v) is 20.0. The minimum absolute atomic E-state index is 0.00153. The van der Waals surface area contributed by atoms with Crippen molar-refractivity contribution in [2.24, 2.45) is 0 Å². The van der Waals surface area contributed by atoms with Gasteiger partial charge < -0.3 is 9.88 Å². The molecule has 1 amide bonds. The monoisotopic (exact) mass is 479 g/mol. The first-order valence-corrected chi connectivity index (χ1v) is 12.1. The maximum atomic E-state index is 13.1. The number of carbonyl (C=O) groups is 1. The Balaban J connectivity index is 1.49. The molecule has 0 spiro atoms. The number of nitrogens with one attached hydrogen (secondary N) is 1. The van der Waals surface area contributed by atoms with Crippen molar-refractivity contribution in [3.05, 3.63) is 137 Å². The first kappa shape index (κ1) is 22.9. The molecule has 0 aliphatic heterocycles. The van der Waals surface area contributed by atoms with E-state index in [1.165, 1.54) is 5.56 Å². The molecule has 5 rings (SSSR count). The number of para-hydroxylation sites is 1. The van der Waals surface area contributed by atoms with Gasteiger partial charge in [-0.05, 0) is 52.6 Å². The topological polar surface area (TPSA) is 46.9 Å². The molecule has 2 aromatic heterocycles. The Bertz CT molecular complexity index is 1410. The standard InChI is InChI=1S/C30H26ClN3O/c31-25-12-10-24(11-13-25)27(18-30(35)33-19-22-14-16-32-17-15-22)28-21-34(20-23-6-2-1-3-7-23)29-9-5-4-8-26(28)29/h1-17,21,27H,18-20H2,(H,33,35)/t27-/m1/s1. The van der Waals surface area contributed by atoms with Crippen LogP contribution in [0, 0.1) is 0 Å². The van der Waals surface area contributed by atoms with Crippen molar-refractivity contribution < 1.29 is 4.79 Å². The molecule has 35 heavy (non-hydrogen) atoms. The molecule has 3 aromatic carbocycles. The molecule has 5 aromatic rings. The van der Waals surface area contributed by atoms with Crippen molar-refractivity contribution in [2.75, 3.05) is 0 Å². The molecule has 0 radical (unpaired) electrons. The number of nitrogens with zero attached hydrogens (tertiary/aromatic N) is 2. The Kier molecular flexibility index (Phi) is 6.92. The normalized spacial score (nSPS) is 11.9. The van der Waals surface area contributed by atoms with Crippen molar-refractivity contribution in [3.63, 3.8) is 0 Å². The highest BCUT2D eigenvalue weighted by atomic mass is 35.5. The minimum atomic E-state index is -0.105. The number of hydrogen-bond donors (Lipinski definition) is 1. The smallest absolute Gasteiger partial charge is 0.221 e. The van der Waals surface area contributed by atoms with Crippen molar-refractivity contribution in [2.45, 2.75) is 25.4 Å². The van der Waals surface area contributed by atoms with Gasteiger partial charge in [0.05, 0.1) is 0 Å². The lowest BCUT2D eigenvalue weighted by atomic mass is 9.88. The van der Waals surface area contributed by atoms with Gasteiger partial charge in [0.2, 0.25) is 5.91 Å². The van der Waals surface area contributed by atoms with Crippen LogP contribution in [0.3, 0.4) is 0 Å². The van der Waals surface area contributed by atoms with Gasteiger partial charge in [0.25, 0.3) is 0 Å². The summed E-state index contributed by atoms with van der Waals surface area (Å²) in [6.45, 7) is 1.24. The van der Waals surface area contributed by atoms with E-state index in [4.69, 9.17) is 11.6 Å². The van der Waals surface area contributed by atoms with Gasteiger partial charge in [-0.15, -0.1) is 0 Å². The first-order chi connectivity index (χ1) is 17.2. The van der Waals surface area contributed by atoms with Crippen LogP contribution in [0.15, 0.2) is 110 Å². The van der Waals surface area contributed by atoms with Gasteiger partial charge in [-0.3, -0.25) is 9.78 Å². The number of rotatable bonds is 8. The fourth-order valence-corrected chi connectivity index (χ4v) is 4.65. The summed E-state index contributed by atoms with van der Waals surface area (Å²) in [5, 5.41) is 4.91. The predicted molar refractivity (Wildman–Crippen MR) is 141 cm³/mol. The molecule has 0 aliphatic carbocycles.